The Kier molecular flexibility index (Phi) is 8.21. The van der Waals surface area contributed by atoms with Gasteiger partial charge in [0.1, 0.15) is 0 Å². The van der Waals surface area contributed by atoms with Gasteiger partial charge < -0.3 is 19.9 Å². The lowest BCUT2D eigenvalue weighted by molar-refractivity contribution is -0.135. The normalized spacial score (nSPS) is 19.2. The first-order valence-corrected chi connectivity index (χ1v) is 12.1. The van der Waals surface area contributed by atoms with Crippen molar-refractivity contribution in [2.45, 2.75) is 78.4 Å². The molecule has 32 heavy (non-hydrogen) atoms. The molecule has 0 bridgehead atoms. The summed E-state index contributed by atoms with van der Waals surface area (Å²) in [6, 6.07) is 6.04. The fourth-order valence-electron chi connectivity index (χ4n) is 4.72. The van der Waals surface area contributed by atoms with E-state index in [0.29, 0.717) is 19.5 Å². The highest BCUT2D eigenvalue weighted by atomic mass is 16.5. The third kappa shape index (κ3) is 6.96. The highest BCUT2D eigenvalue weighted by molar-refractivity contribution is 5.93. The third-order valence-electron chi connectivity index (χ3n) is 6.40. The van der Waals surface area contributed by atoms with Crippen LogP contribution in [0.15, 0.2) is 18.2 Å². The number of anilines is 2. The first kappa shape index (κ1) is 24.6. The average molecular weight is 444 g/mol. The minimum atomic E-state index is -0.0760. The van der Waals surface area contributed by atoms with E-state index in [0.717, 1.165) is 62.1 Å². The fraction of sp³-hybridized carbons (Fsp3) is 0.692. The number of hydrogen-bond acceptors (Lipinski definition) is 4. The molecule has 178 valence electrons. The molecule has 1 aliphatic heterocycles. The Bertz CT molecular complexity index is 788. The Morgan fingerprint density at radius 3 is 2.41 bits per heavy atom. The number of benzene rings is 1. The van der Waals surface area contributed by atoms with Crippen molar-refractivity contribution in [3.63, 3.8) is 0 Å². The Morgan fingerprint density at radius 1 is 1.09 bits per heavy atom. The monoisotopic (exact) mass is 443 g/mol. The second kappa shape index (κ2) is 10.7. The summed E-state index contributed by atoms with van der Waals surface area (Å²) in [4.78, 5) is 29.9. The molecule has 1 heterocycles. The molecule has 6 heteroatoms. The van der Waals surface area contributed by atoms with Crippen LogP contribution in [-0.2, 0) is 20.9 Å². The molecule has 3 rings (SSSR count). The van der Waals surface area contributed by atoms with Gasteiger partial charge in [-0.15, -0.1) is 0 Å². The second-order valence-corrected chi connectivity index (χ2v) is 10.9. The molecule has 1 atom stereocenters. The van der Waals surface area contributed by atoms with E-state index in [2.05, 4.69) is 31.0 Å². The van der Waals surface area contributed by atoms with Crippen LogP contribution < -0.4 is 10.2 Å². The number of nitrogens with zero attached hydrogens (tertiary/aromatic N) is 2. The van der Waals surface area contributed by atoms with E-state index in [1.165, 1.54) is 0 Å². The van der Waals surface area contributed by atoms with Gasteiger partial charge >= 0.3 is 0 Å². The lowest BCUT2D eigenvalue weighted by Crippen LogP contribution is -2.38. The number of carbonyl (C=O) groups is 2. The molecule has 1 saturated carbocycles. The minimum absolute atomic E-state index is 0.0760. The second-order valence-electron chi connectivity index (χ2n) is 10.9. The summed E-state index contributed by atoms with van der Waals surface area (Å²) in [6.07, 6.45) is 6.88. The Labute approximate surface area is 193 Å². The molecule has 2 amide bonds. The van der Waals surface area contributed by atoms with Crippen molar-refractivity contribution >= 4 is 23.2 Å². The molecule has 1 unspecified atom stereocenters. The molecule has 0 radical (unpaired) electrons. The first-order chi connectivity index (χ1) is 15.1. The van der Waals surface area contributed by atoms with Gasteiger partial charge in [0.2, 0.25) is 11.8 Å². The van der Waals surface area contributed by atoms with Gasteiger partial charge in [0.15, 0.2) is 0 Å². The standard InChI is InChI=1S/C26H41N3O3/c1-26(2,3)16-24(30)29(18-22-11-8-14-32-22)17-20-15-21(12-13-23(20)28(4)5)27-25(31)19-9-6-7-10-19/h12-13,15,19,22H,6-11,14,16-18H2,1-5H3,(H,27,31). The van der Waals surface area contributed by atoms with E-state index in [4.69, 9.17) is 4.74 Å². The number of amides is 2. The molecule has 2 aliphatic rings. The zero-order chi connectivity index (χ0) is 23.3. The molecule has 2 fully saturated rings. The summed E-state index contributed by atoms with van der Waals surface area (Å²) in [5.74, 6) is 0.389. The van der Waals surface area contributed by atoms with Crippen LogP contribution in [-0.4, -0.2) is 50.1 Å². The molecular weight excluding hydrogens is 402 g/mol. The van der Waals surface area contributed by atoms with Crippen LogP contribution in [0.1, 0.15) is 71.3 Å². The lowest BCUT2D eigenvalue weighted by Gasteiger charge is -2.30. The molecule has 0 spiro atoms. The summed E-state index contributed by atoms with van der Waals surface area (Å²) < 4.78 is 5.85. The minimum Gasteiger partial charge on any atom is -0.377 e. The summed E-state index contributed by atoms with van der Waals surface area (Å²) in [7, 11) is 4.02. The Balaban J connectivity index is 1.81. The maximum atomic E-state index is 13.3. The van der Waals surface area contributed by atoms with Gasteiger partial charge in [0.25, 0.3) is 0 Å². The van der Waals surface area contributed by atoms with Crippen molar-refractivity contribution in [3.05, 3.63) is 23.8 Å². The average Bonchev–Trinajstić information content (AvgIpc) is 3.40. The van der Waals surface area contributed by atoms with Crippen molar-refractivity contribution in [2.75, 3.05) is 37.5 Å². The van der Waals surface area contributed by atoms with Gasteiger partial charge in [0, 0.05) is 57.5 Å². The predicted octanol–water partition coefficient (Wildman–Crippen LogP) is 4.83. The van der Waals surface area contributed by atoms with Crippen molar-refractivity contribution in [1.29, 1.82) is 0 Å². The van der Waals surface area contributed by atoms with Gasteiger partial charge in [-0.25, -0.2) is 0 Å². The van der Waals surface area contributed by atoms with E-state index in [9.17, 15) is 9.59 Å². The zero-order valence-corrected chi connectivity index (χ0v) is 20.6. The number of rotatable bonds is 8. The maximum absolute atomic E-state index is 13.3. The summed E-state index contributed by atoms with van der Waals surface area (Å²) in [6.45, 7) is 8.19. The first-order valence-electron chi connectivity index (χ1n) is 12.1. The van der Waals surface area contributed by atoms with E-state index in [1.54, 1.807) is 0 Å². The quantitative estimate of drug-likeness (QED) is 0.625. The van der Waals surface area contributed by atoms with Crippen LogP contribution >= 0.6 is 0 Å². The topological polar surface area (TPSA) is 61.9 Å². The summed E-state index contributed by atoms with van der Waals surface area (Å²) in [5, 5.41) is 3.12. The molecular formula is C26H41N3O3. The zero-order valence-electron chi connectivity index (χ0n) is 20.6. The number of carbonyl (C=O) groups excluding carboxylic acids is 2. The highest BCUT2D eigenvalue weighted by Crippen LogP contribution is 2.29. The van der Waals surface area contributed by atoms with E-state index < -0.39 is 0 Å². The number of ether oxygens (including phenoxy) is 1. The largest absolute Gasteiger partial charge is 0.377 e. The van der Waals surface area contributed by atoms with Crippen molar-refractivity contribution in [2.24, 2.45) is 11.3 Å². The predicted molar refractivity (Wildman–Crippen MR) is 130 cm³/mol. The fourth-order valence-corrected chi connectivity index (χ4v) is 4.72. The van der Waals surface area contributed by atoms with Gasteiger partial charge in [-0.3, -0.25) is 9.59 Å². The van der Waals surface area contributed by atoms with Crippen molar-refractivity contribution < 1.29 is 14.3 Å². The number of hydrogen-bond donors (Lipinski definition) is 1. The smallest absolute Gasteiger partial charge is 0.227 e. The Morgan fingerprint density at radius 2 is 1.81 bits per heavy atom. The lowest BCUT2D eigenvalue weighted by atomic mass is 9.91. The number of nitrogens with one attached hydrogen (secondary N) is 1. The van der Waals surface area contributed by atoms with E-state index >= 15 is 0 Å². The van der Waals surface area contributed by atoms with Gasteiger partial charge in [-0.2, -0.15) is 0 Å². The molecule has 1 aromatic carbocycles. The summed E-state index contributed by atoms with van der Waals surface area (Å²) in [5.41, 5.74) is 2.83. The van der Waals surface area contributed by atoms with Gasteiger partial charge in [-0.1, -0.05) is 33.6 Å². The highest BCUT2D eigenvalue weighted by Gasteiger charge is 2.27. The maximum Gasteiger partial charge on any atom is 0.227 e. The Hall–Kier alpha value is -2.08. The van der Waals surface area contributed by atoms with Crippen LogP contribution in [0.25, 0.3) is 0 Å². The van der Waals surface area contributed by atoms with Crippen LogP contribution in [0.4, 0.5) is 11.4 Å². The van der Waals surface area contributed by atoms with Crippen molar-refractivity contribution in [3.8, 4) is 0 Å². The van der Waals surface area contributed by atoms with Crippen LogP contribution in [0, 0.1) is 11.3 Å². The molecule has 1 saturated heterocycles. The molecule has 1 N–H and O–H groups in total. The van der Waals surface area contributed by atoms with E-state index in [1.807, 2.05) is 37.2 Å². The molecule has 1 aliphatic carbocycles. The van der Waals surface area contributed by atoms with Crippen LogP contribution in [0.2, 0.25) is 0 Å². The third-order valence-corrected chi connectivity index (χ3v) is 6.40. The molecule has 6 nitrogen and oxygen atoms in total. The summed E-state index contributed by atoms with van der Waals surface area (Å²) >= 11 is 0. The molecule has 0 aromatic heterocycles. The van der Waals surface area contributed by atoms with Crippen LogP contribution in [0.5, 0.6) is 0 Å². The SMILES string of the molecule is CN(C)c1ccc(NC(=O)C2CCCC2)cc1CN(CC1CCCO1)C(=O)CC(C)(C)C. The van der Waals surface area contributed by atoms with Crippen LogP contribution in [0.3, 0.4) is 0 Å². The van der Waals surface area contributed by atoms with Crippen molar-refractivity contribution in [1.82, 2.24) is 4.90 Å². The van der Waals surface area contributed by atoms with Gasteiger partial charge in [0.05, 0.1) is 6.10 Å². The van der Waals surface area contributed by atoms with E-state index in [-0.39, 0.29) is 29.3 Å². The molecule has 1 aromatic rings. The van der Waals surface area contributed by atoms with Gasteiger partial charge in [-0.05, 0) is 54.9 Å².